The number of nitrogens with two attached hydrogens (primary N) is 1. The van der Waals surface area contributed by atoms with Crippen molar-refractivity contribution in [3.8, 4) is 0 Å². The van der Waals surface area contributed by atoms with E-state index in [1.807, 2.05) is 13.0 Å². The van der Waals surface area contributed by atoms with Gasteiger partial charge in [-0.05, 0) is 11.6 Å². The van der Waals surface area contributed by atoms with E-state index in [1.165, 1.54) is 7.11 Å². The maximum absolute atomic E-state index is 11.2. The smallest absolute Gasteiger partial charge is 0.306 e. The van der Waals surface area contributed by atoms with Gasteiger partial charge < -0.3 is 14.9 Å². The summed E-state index contributed by atoms with van der Waals surface area (Å²) in [5.74, 6) is -0.265. The molecule has 0 aliphatic heterocycles. The second-order valence-corrected chi connectivity index (χ2v) is 3.53. The van der Waals surface area contributed by atoms with Gasteiger partial charge in [-0.2, -0.15) is 0 Å². The third-order valence-electron chi connectivity index (χ3n) is 2.43. The molecule has 1 aromatic rings. The lowest BCUT2D eigenvalue weighted by atomic mass is 9.81. The van der Waals surface area contributed by atoms with Crippen LogP contribution in [-0.2, 0) is 14.9 Å². The summed E-state index contributed by atoms with van der Waals surface area (Å²) in [7, 11) is 1.37. The molecule has 0 bridgehead atoms. The zero-order valence-electron chi connectivity index (χ0n) is 8.45. The lowest BCUT2D eigenvalue weighted by Crippen LogP contribution is -2.34. The van der Waals surface area contributed by atoms with Crippen molar-refractivity contribution >= 4 is 5.97 Å². The fourth-order valence-corrected chi connectivity index (χ4v) is 1.29. The van der Waals surface area contributed by atoms with Gasteiger partial charge in [0.2, 0.25) is 0 Å². The summed E-state index contributed by atoms with van der Waals surface area (Å²) in [5, 5.41) is 0. The first-order valence-electron chi connectivity index (χ1n) is 4.42. The van der Waals surface area contributed by atoms with Gasteiger partial charge in [0, 0.05) is 12.0 Å². The first-order valence-corrected chi connectivity index (χ1v) is 4.42. The minimum atomic E-state index is -0.403. The van der Waals surface area contributed by atoms with Gasteiger partial charge in [0.1, 0.15) is 0 Å². The highest BCUT2D eigenvalue weighted by atomic mass is 16.5. The van der Waals surface area contributed by atoms with Crippen LogP contribution in [0.25, 0.3) is 0 Å². The zero-order valence-corrected chi connectivity index (χ0v) is 8.45. The molecular weight excluding hydrogens is 182 g/mol. The second kappa shape index (κ2) is 4.28. The van der Waals surface area contributed by atoms with Gasteiger partial charge in [0.15, 0.2) is 0 Å². The van der Waals surface area contributed by atoms with E-state index in [2.05, 4.69) is 4.74 Å². The van der Waals surface area contributed by atoms with Gasteiger partial charge in [-0.25, -0.2) is 0 Å². The molecule has 1 unspecified atom stereocenters. The average molecular weight is 197 g/mol. The molecule has 0 radical (unpaired) electrons. The van der Waals surface area contributed by atoms with Crippen LogP contribution in [0.2, 0.25) is 0 Å². The van der Waals surface area contributed by atoms with Gasteiger partial charge in [0.05, 0.1) is 26.1 Å². The first-order chi connectivity index (χ1) is 6.62. The second-order valence-electron chi connectivity index (χ2n) is 3.53. The van der Waals surface area contributed by atoms with E-state index in [1.54, 1.807) is 12.5 Å². The van der Waals surface area contributed by atoms with Crippen molar-refractivity contribution in [3.63, 3.8) is 0 Å². The number of carbonyl (C=O) groups excluding carboxylic acids is 1. The van der Waals surface area contributed by atoms with Crippen molar-refractivity contribution in [1.29, 1.82) is 0 Å². The minimum absolute atomic E-state index is 0.263. The Morgan fingerprint density at radius 1 is 1.71 bits per heavy atom. The number of esters is 1. The van der Waals surface area contributed by atoms with Crippen LogP contribution in [-0.4, -0.2) is 19.6 Å². The Labute approximate surface area is 83.0 Å². The van der Waals surface area contributed by atoms with Crippen LogP contribution in [0.3, 0.4) is 0 Å². The number of rotatable bonds is 4. The van der Waals surface area contributed by atoms with Gasteiger partial charge in [-0.15, -0.1) is 0 Å². The van der Waals surface area contributed by atoms with Crippen LogP contribution < -0.4 is 5.73 Å². The van der Waals surface area contributed by atoms with Crippen LogP contribution in [0, 0.1) is 0 Å². The molecule has 0 aliphatic rings. The fourth-order valence-electron chi connectivity index (χ4n) is 1.29. The summed E-state index contributed by atoms with van der Waals surface area (Å²) >= 11 is 0. The first kappa shape index (κ1) is 10.8. The molecule has 0 saturated heterocycles. The van der Waals surface area contributed by atoms with Crippen LogP contribution in [0.5, 0.6) is 0 Å². The van der Waals surface area contributed by atoms with Crippen LogP contribution in [0.4, 0.5) is 0 Å². The maximum atomic E-state index is 11.2. The molecule has 1 heterocycles. The van der Waals surface area contributed by atoms with Crippen molar-refractivity contribution in [2.75, 3.05) is 13.7 Å². The quantitative estimate of drug-likeness (QED) is 0.733. The molecule has 2 N–H and O–H groups in total. The number of hydrogen-bond acceptors (Lipinski definition) is 4. The molecule has 4 nitrogen and oxygen atoms in total. The third-order valence-corrected chi connectivity index (χ3v) is 2.43. The highest BCUT2D eigenvalue weighted by molar-refractivity contribution is 5.71. The molecule has 0 fully saturated rings. The summed E-state index contributed by atoms with van der Waals surface area (Å²) in [5.41, 5.74) is 6.17. The minimum Gasteiger partial charge on any atom is -0.472 e. The Kier molecular flexibility index (Phi) is 3.30. The fraction of sp³-hybridized carbons (Fsp3) is 0.500. The van der Waals surface area contributed by atoms with E-state index >= 15 is 0 Å². The Morgan fingerprint density at radius 2 is 2.43 bits per heavy atom. The molecule has 78 valence electrons. The summed E-state index contributed by atoms with van der Waals surface area (Å²) in [4.78, 5) is 11.2. The Bertz CT molecular complexity index is 294. The predicted octanol–water partition coefficient (Wildman–Crippen LogP) is 1.06. The van der Waals surface area contributed by atoms with E-state index < -0.39 is 5.41 Å². The highest BCUT2D eigenvalue weighted by Gasteiger charge is 2.29. The Hall–Kier alpha value is -1.29. The van der Waals surface area contributed by atoms with E-state index in [4.69, 9.17) is 10.2 Å². The molecular formula is C10H15NO3. The summed E-state index contributed by atoms with van der Waals surface area (Å²) in [6, 6.07) is 1.82. The molecule has 0 aromatic carbocycles. The van der Waals surface area contributed by atoms with E-state index in [0.29, 0.717) is 6.54 Å². The predicted molar refractivity (Wildman–Crippen MR) is 51.7 cm³/mol. The lowest BCUT2D eigenvalue weighted by molar-refractivity contribution is -0.141. The summed E-state index contributed by atoms with van der Waals surface area (Å²) in [6.07, 6.45) is 3.44. The van der Waals surface area contributed by atoms with Crippen molar-refractivity contribution < 1.29 is 13.9 Å². The van der Waals surface area contributed by atoms with E-state index in [-0.39, 0.29) is 12.4 Å². The average Bonchev–Trinajstić information content (AvgIpc) is 2.70. The van der Waals surface area contributed by atoms with Crippen molar-refractivity contribution in [1.82, 2.24) is 0 Å². The van der Waals surface area contributed by atoms with Crippen molar-refractivity contribution in [2.24, 2.45) is 5.73 Å². The van der Waals surface area contributed by atoms with E-state index in [0.717, 1.165) is 5.56 Å². The number of hydrogen-bond donors (Lipinski definition) is 1. The number of carbonyl (C=O) groups is 1. The number of methoxy groups -OCH3 is 1. The zero-order chi connectivity index (χ0) is 10.6. The highest BCUT2D eigenvalue weighted by Crippen LogP contribution is 2.27. The molecule has 1 atom stereocenters. The summed E-state index contributed by atoms with van der Waals surface area (Å²) < 4.78 is 9.59. The Balaban J connectivity index is 2.82. The molecule has 1 aromatic heterocycles. The van der Waals surface area contributed by atoms with Crippen LogP contribution in [0.1, 0.15) is 18.9 Å². The molecule has 14 heavy (non-hydrogen) atoms. The van der Waals surface area contributed by atoms with E-state index in [9.17, 15) is 4.79 Å². The maximum Gasteiger partial charge on any atom is 0.306 e. The third kappa shape index (κ3) is 2.14. The van der Waals surface area contributed by atoms with Crippen LogP contribution in [0.15, 0.2) is 23.0 Å². The van der Waals surface area contributed by atoms with Gasteiger partial charge in [0.25, 0.3) is 0 Å². The topological polar surface area (TPSA) is 65.5 Å². The molecule has 0 aliphatic carbocycles. The van der Waals surface area contributed by atoms with Gasteiger partial charge >= 0.3 is 5.97 Å². The molecule has 1 rings (SSSR count). The molecule has 4 heteroatoms. The van der Waals surface area contributed by atoms with Gasteiger partial charge in [-0.1, -0.05) is 6.92 Å². The molecule has 0 amide bonds. The van der Waals surface area contributed by atoms with Crippen LogP contribution >= 0.6 is 0 Å². The number of furan rings is 1. The normalized spacial score (nSPS) is 14.8. The lowest BCUT2D eigenvalue weighted by Gasteiger charge is -2.25. The van der Waals surface area contributed by atoms with Crippen molar-refractivity contribution in [3.05, 3.63) is 24.2 Å². The largest absolute Gasteiger partial charge is 0.472 e. The monoisotopic (exact) mass is 197 g/mol. The van der Waals surface area contributed by atoms with Gasteiger partial charge in [-0.3, -0.25) is 4.79 Å². The molecule has 0 spiro atoms. The SMILES string of the molecule is COC(=O)CC(C)(CN)c1ccoc1. The molecule has 0 saturated carbocycles. The number of ether oxygens (including phenoxy) is 1. The summed E-state index contributed by atoms with van der Waals surface area (Å²) in [6.45, 7) is 2.29. The standard InChI is InChI=1S/C10H15NO3/c1-10(7-11,5-9(12)13-2)8-3-4-14-6-8/h3-4,6H,5,7,11H2,1-2H3. The van der Waals surface area contributed by atoms with Crippen molar-refractivity contribution in [2.45, 2.75) is 18.8 Å². The Morgan fingerprint density at radius 3 is 2.86 bits per heavy atom.